The fourth-order valence-corrected chi connectivity index (χ4v) is 4.95. The summed E-state index contributed by atoms with van der Waals surface area (Å²) in [6.45, 7) is -0.313. The molecule has 0 spiro atoms. The van der Waals surface area contributed by atoms with Crippen LogP contribution in [0.2, 0.25) is 0 Å². The molecule has 2 aromatic carbocycles. The van der Waals surface area contributed by atoms with Crippen LogP contribution in [-0.4, -0.2) is 21.9 Å². The summed E-state index contributed by atoms with van der Waals surface area (Å²) in [4.78, 5) is 0. The Morgan fingerprint density at radius 3 is 1.28 bits per heavy atom. The molecular weight excluding hydrogens is 374 g/mol. The van der Waals surface area contributed by atoms with Gasteiger partial charge in [-0.15, -0.1) is 0 Å². The Labute approximate surface area is 145 Å². The third-order valence-corrected chi connectivity index (χ3v) is 6.78. The van der Waals surface area contributed by atoms with Gasteiger partial charge >= 0.3 is 0 Å². The largest absolute Gasteiger partial charge is 0.227 e. The fourth-order valence-electron chi connectivity index (χ4n) is 1.88. The molecule has 6 nitrogen and oxygen atoms in total. The van der Waals surface area contributed by atoms with Gasteiger partial charge in [0.15, 0.2) is 5.08 Å². The van der Waals surface area contributed by atoms with Crippen LogP contribution >= 0.6 is 0 Å². The highest BCUT2D eigenvalue weighted by Crippen LogP contribution is 2.05. The van der Waals surface area contributed by atoms with Crippen LogP contribution in [0.1, 0.15) is 11.1 Å². The van der Waals surface area contributed by atoms with E-state index in [-0.39, 0.29) is 13.1 Å². The van der Waals surface area contributed by atoms with Crippen molar-refractivity contribution in [2.24, 2.45) is 0 Å². The van der Waals surface area contributed by atoms with E-state index >= 15 is 0 Å². The van der Waals surface area contributed by atoms with Gasteiger partial charge in [0.25, 0.3) is 0 Å². The number of hydrogen-bond acceptors (Lipinski definition) is 4. The highest BCUT2D eigenvalue weighted by molar-refractivity contribution is 8.06. The topological polar surface area (TPSA) is 92.3 Å². The second-order valence-corrected chi connectivity index (χ2v) is 9.22. The predicted octanol–water partition coefficient (Wildman–Crippen LogP) is 1.46. The first kappa shape index (κ1) is 19.4. The van der Waals surface area contributed by atoms with Crippen molar-refractivity contribution in [1.82, 2.24) is 9.44 Å². The highest BCUT2D eigenvalue weighted by atomic mass is 32.3. The van der Waals surface area contributed by atoms with Gasteiger partial charge in [-0.3, -0.25) is 0 Å². The van der Waals surface area contributed by atoms with Crippen LogP contribution in [0.3, 0.4) is 0 Å². The van der Waals surface area contributed by atoms with Gasteiger partial charge in [0.2, 0.25) is 20.0 Å². The lowest BCUT2D eigenvalue weighted by molar-refractivity contribution is 0.573. The van der Waals surface area contributed by atoms with E-state index in [2.05, 4.69) is 9.44 Å². The van der Waals surface area contributed by atoms with Gasteiger partial charge in [-0.25, -0.2) is 35.1 Å². The predicted molar refractivity (Wildman–Crippen MR) is 89.2 cm³/mol. The minimum Gasteiger partial charge on any atom is -0.211 e. The lowest BCUT2D eigenvalue weighted by atomic mass is 10.2. The van der Waals surface area contributed by atoms with Gasteiger partial charge in [0.1, 0.15) is 11.6 Å². The number of rotatable bonds is 8. The van der Waals surface area contributed by atoms with Crippen molar-refractivity contribution in [3.8, 4) is 0 Å². The van der Waals surface area contributed by atoms with Crippen molar-refractivity contribution < 1.29 is 25.6 Å². The monoisotopic (exact) mass is 390 g/mol. The Balaban J connectivity index is 1.90. The second kappa shape index (κ2) is 8.00. The summed E-state index contributed by atoms with van der Waals surface area (Å²) in [6, 6.07) is 10.2. The molecular formula is C15H16F2N2O4S2. The Morgan fingerprint density at radius 2 is 0.960 bits per heavy atom. The minimum absolute atomic E-state index is 0.157. The minimum atomic E-state index is -4.11. The van der Waals surface area contributed by atoms with Crippen molar-refractivity contribution in [1.29, 1.82) is 0 Å². The summed E-state index contributed by atoms with van der Waals surface area (Å²) in [5.74, 6) is -0.918. The molecule has 25 heavy (non-hydrogen) atoms. The molecule has 0 aliphatic heterocycles. The molecule has 0 fully saturated rings. The second-order valence-electron chi connectivity index (χ2n) is 5.24. The normalized spacial score (nSPS) is 12.2. The Kier molecular flexibility index (Phi) is 6.22. The summed E-state index contributed by atoms with van der Waals surface area (Å²) in [6.07, 6.45) is 0. The molecule has 0 atom stereocenters. The Bertz CT molecular complexity index is 836. The SMILES string of the molecule is O=S(=O)(CS(=O)(=O)NCc1ccc(F)cc1)NCc1ccc(F)cc1. The van der Waals surface area contributed by atoms with Gasteiger partial charge in [-0.05, 0) is 35.4 Å². The van der Waals surface area contributed by atoms with E-state index in [1.165, 1.54) is 48.5 Å². The molecule has 0 saturated carbocycles. The standard InChI is InChI=1S/C15H16F2N2O4S2/c16-14-5-1-12(2-6-14)9-18-24(20,21)11-25(22,23)19-10-13-3-7-15(17)8-4-13/h1-8,18-19H,9-11H2. The van der Waals surface area contributed by atoms with E-state index in [1.807, 2.05) is 0 Å². The van der Waals surface area contributed by atoms with Crippen LogP contribution in [0, 0.1) is 11.6 Å². The van der Waals surface area contributed by atoms with E-state index in [9.17, 15) is 25.6 Å². The van der Waals surface area contributed by atoms with Gasteiger partial charge in [-0.1, -0.05) is 24.3 Å². The van der Waals surface area contributed by atoms with Crippen molar-refractivity contribution in [3.05, 3.63) is 71.3 Å². The number of benzene rings is 2. The molecule has 2 rings (SSSR count). The van der Waals surface area contributed by atoms with Crippen LogP contribution in [0.4, 0.5) is 8.78 Å². The number of sulfonamides is 2. The van der Waals surface area contributed by atoms with Crippen molar-refractivity contribution in [3.63, 3.8) is 0 Å². The van der Waals surface area contributed by atoms with E-state index in [0.717, 1.165) is 0 Å². The van der Waals surface area contributed by atoms with Crippen LogP contribution in [0.15, 0.2) is 48.5 Å². The highest BCUT2D eigenvalue weighted by Gasteiger charge is 2.21. The molecule has 0 bridgehead atoms. The first-order chi connectivity index (χ1) is 11.7. The number of hydrogen-bond donors (Lipinski definition) is 2. The van der Waals surface area contributed by atoms with Gasteiger partial charge in [-0.2, -0.15) is 0 Å². The summed E-state index contributed by atoms with van der Waals surface area (Å²) >= 11 is 0. The fraction of sp³-hybridized carbons (Fsp3) is 0.200. The summed E-state index contributed by atoms with van der Waals surface area (Å²) in [5.41, 5.74) is 0.975. The Morgan fingerprint density at radius 1 is 0.640 bits per heavy atom. The van der Waals surface area contributed by atoms with Crippen molar-refractivity contribution in [2.45, 2.75) is 13.1 Å². The molecule has 0 amide bonds. The lowest BCUT2D eigenvalue weighted by Gasteiger charge is -2.09. The van der Waals surface area contributed by atoms with Crippen LogP contribution in [-0.2, 0) is 33.1 Å². The molecule has 2 N–H and O–H groups in total. The van der Waals surface area contributed by atoms with Gasteiger partial charge < -0.3 is 0 Å². The maximum atomic E-state index is 12.8. The zero-order valence-corrected chi connectivity index (χ0v) is 14.6. The summed E-state index contributed by atoms with van der Waals surface area (Å²) in [7, 11) is -8.23. The molecule has 0 unspecified atom stereocenters. The average molecular weight is 390 g/mol. The molecule has 10 heteroatoms. The maximum absolute atomic E-state index is 12.8. The quantitative estimate of drug-likeness (QED) is 0.714. The van der Waals surface area contributed by atoms with E-state index < -0.39 is 36.8 Å². The van der Waals surface area contributed by atoms with Crippen LogP contribution < -0.4 is 9.44 Å². The molecule has 0 radical (unpaired) electrons. The van der Waals surface area contributed by atoms with E-state index in [0.29, 0.717) is 11.1 Å². The van der Waals surface area contributed by atoms with Gasteiger partial charge in [0, 0.05) is 13.1 Å². The molecule has 0 heterocycles. The third-order valence-electron chi connectivity index (χ3n) is 3.13. The van der Waals surface area contributed by atoms with Crippen LogP contribution in [0.5, 0.6) is 0 Å². The van der Waals surface area contributed by atoms with Crippen LogP contribution in [0.25, 0.3) is 0 Å². The maximum Gasteiger partial charge on any atom is 0.227 e. The van der Waals surface area contributed by atoms with Crippen molar-refractivity contribution in [2.75, 3.05) is 5.08 Å². The molecule has 2 aromatic rings. The zero-order valence-electron chi connectivity index (χ0n) is 12.9. The average Bonchev–Trinajstić information content (AvgIpc) is 2.53. The number of halogens is 2. The first-order valence-electron chi connectivity index (χ1n) is 7.09. The zero-order chi connectivity index (χ0) is 18.5. The molecule has 0 aliphatic rings. The molecule has 0 saturated heterocycles. The first-order valence-corrected chi connectivity index (χ1v) is 10.4. The number of nitrogens with one attached hydrogen (secondary N) is 2. The van der Waals surface area contributed by atoms with Gasteiger partial charge in [0.05, 0.1) is 0 Å². The summed E-state index contributed by atoms with van der Waals surface area (Å²) < 4.78 is 77.4. The van der Waals surface area contributed by atoms with Crippen molar-refractivity contribution >= 4 is 20.0 Å². The molecule has 0 aromatic heterocycles. The molecule has 0 aliphatic carbocycles. The molecule has 136 valence electrons. The van der Waals surface area contributed by atoms with E-state index in [4.69, 9.17) is 0 Å². The smallest absolute Gasteiger partial charge is 0.211 e. The lowest BCUT2D eigenvalue weighted by Crippen LogP contribution is -2.35. The third kappa shape index (κ3) is 6.86. The summed E-state index contributed by atoms with van der Waals surface area (Å²) in [5, 5.41) is -1.15. The van der Waals surface area contributed by atoms with E-state index in [1.54, 1.807) is 0 Å². The Hall–Kier alpha value is -1.88.